The zero-order chi connectivity index (χ0) is 44.3. The zero-order valence-corrected chi connectivity index (χ0v) is 38.5. The third-order valence-corrected chi connectivity index (χ3v) is 14.4. The van der Waals surface area contributed by atoms with Gasteiger partial charge in [0.2, 0.25) is 0 Å². The Balaban J connectivity index is 1.27. The van der Waals surface area contributed by atoms with Crippen LogP contribution in [0.4, 0.5) is 17.1 Å². The summed E-state index contributed by atoms with van der Waals surface area (Å²) in [5, 5.41) is 5.46. The van der Waals surface area contributed by atoms with E-state index in [-0.39, 0.29) is 10.8 Å². The first-order valence-corrected chi connectivity index (χ1v) is 23.6. The summed E-state index contributed by atoms with van der Waals surface area (Å²) >= 11 is 0. The van der Waals surface area contributed by atoms with Gasteiger partial charge in [0.1, 0.15) is 0 Å². The lowest BCUT2D eigenvalue weighted by Crippen LogP contribution is -2.31. The largest absolute Gasteiger partial charge is 0.311 e. The number of aryl methyl sites for hydroxylation is 2. The minimum atomic E-state index is -0.259. The molecule has 9 aromatic rings. The van der Waals surface area contributed by atoms with Crippen molar-refractivity contribution in [3.05, 3.63) is 234 Å². The molecule has 0 fully saturated rings. The van der Waals surface area contributed by atoms with Gasteiger partial charge in [0.15, 0.2) is 0 Å². The van der Waals surface area contributed by atoms with Crippen LogP contribution in [0, 0.1) is 13.8 Å². The van der Waals surface area contributed by atoms with Gasteiger partial charge in [-0.15, -0.1) is 0 Å². The van der Waals surface area contributed by atoms with Gasteiger partial charge in [-0.25, -0.2) is 0 Å². The summed E-state index contributed by atoms with van der Waals surface area (Å²) in [4.78, 5) is 2.38. The molecule has 0 heterocycles. The van der Waals surface area contributed by atoms with Gasteiger partial charge in [-0.1, -0.05) is 203 Å². The van der Waals surface area contributed by atoms with Crippen LogP contribution in [0.5, 0.6) is 0 Å². The number of hydrogen-bond donors (Lipinski definition) is 0. The van der Waals surface area contributed by atoms with E-state index in [9.17, 15) is 0 Å². The highest BCUT2D eigenvalue weighted by atomic mass is 15.1. The first-order valence-electron chi connectivity index (χ1n) is 23.6. The van der Waals surface area contributed by atoms with Gasteiger partial charge in [-0.3, -0.25) is 0 Å². The molecule has 0 bridgehead atoms. The van der Waals surface area contributed by atoms with Gasteiger partial charge in [0.05, 0.1) is 0 Å². The third-order valence-electron chi connectivity index (χ3n) is 14.4. The van der Waals surface area contributed by atoms with Crippen molar-refractivity contribution < 1.29 is 0 Å². The van der Waals surface area contributed by atoms with Crippen LogP contribution in [0.15, 0.2) is 200 Å². The van der Waals surface area contributed by atoms with Crippen LogP contribution in [0.2, 0.25) is 0 Å². The summed E-state index contributed by atoms with van der Waals surface area (Å²) in [6, 6.07) is 75.4. The van der Waals surface area contributed by atoms with E-state index >= 15 is 0 Å². The summed E-state index contributed by atoms with van der Waals surface area (Å²) < 4.78 is 0. The van der Waals surface area contributed by atoms with E-state index in [0.29, 0.717) is 0 Å². The van der Waals surface area contributed by atoms with Crippen molar-refractivity contribution in [2.45, 2.75) is 84.5 Å². The van der Waals surface area contributed by atoms with Crippen molar-refractivity contribution in [3.63, 3.8) is 0 Å². The van der Waals surface area contributed by atoms with Gasteiger partial charge >= 0.3 is 0 Å². The van der Waals surface area contributed by atoms with Crippen LogP contribution < -0.4 is 4.90 Å². The number of rotatable bonds is 14. The fourth-order valence-corrected chi connectivity index (χ4v) is 11.1. The van der Waals surface area contributed by atoms with Crippen LogP contribution in [0.25, 0.3) is 43.8 Å². The molecular weight excluding hydrogens is 771 g/mol. The van der Waals surface area contributed by atoms with Crippen LogP contribution in [0.3, 0.4) is 0 Å². The topological polar surface area (TPSA) is 3.24 Å². The summed E-state index contributed by atoms with van der Waals surface area (Å²) in [7, 11) is 0. The van der Waals surface area contributed by atoms with E-state index in [1.807, 2.05) is 0 Å². The predicted octanol–water partition coefficient (Wildman–Crippen LogP) is 18.0. The van der Waals surface area contributed by atoms with Gasteiger partial charge in [-0.05, 0) is 148 Å². The summed E-state index contributed by atoms with van der Waals surface area (Å²) in [5.74, 6) is 0. The Bertz CT molecular complexity index is 2890. The Morgan fingerprint density at radius 3 is 1.22 bits per heavy atom. The monoisotopic (exact) mass is 831 g/mol. The number of nitrogens with zero attached hydrogens (tertiary/aromatic N) is 1. The van der Waals surface area contributed by atoms with Crippen LogP contribution in [-0.4, -0.2) is 0 Å². The summed E-state index contributed by atoms with van der Waals surface area (Å²) in [6.45, 7) is 13.9. The quantitative estimate of drug-likeness (QED) is 0.0987. The van der Waals surface area contributed by atoms with Crippen molar-refractivity contribution in [1.82, 2.24) is 0 Å². The lowest BCUT2D eigenvalue weighted by Gasteiger charge is -2.41. The lowest BCUT2D eigenvalue weighted by atomic mass is 9.62. The second kappa shape index (κ2) is 18.2. The molecule has 1 heteroatoms. The highest BCUT2D eigenvalue weighted by Crippen LogP contribution is 2.54. The SMILES string of the molecule is CCCC(CC)(c1ccc(-c2ccccc2)cc1-c1ccccc1)c1c2ccccc2c(C(CC)(CC)c2ccc(N(c3ccc(C)cc3)c3ccc(C)cc3)cc2)c2ccccc12. The molecule has 0 saturated carbocycles. The standard InChI is InChI=1S/C63H61N/c1-7-43-63(10-4,59-42-33-49(47-21-13-11-14-22-47)44-58(59)48-23-15-12-16-24-48)61-56-27-19-17-25-54(56)60(55-26-18-20-28-57(55)61)62(8-2,9-3)50-34-40-53(41-35-50)64(51-36-29-45(5)30-37-51)52-38-31-46(6)32-39-52/h11-42,44H,7-10,43H2,1-6H3. The average Bonchev–Trinajstić information content (AvgIpc) is 3.35. The smallest absolute Gasteiger partial charge is 0.0461 e. The van der Waals surface area contributed by atoms with Gasteiger partial charge < -0.3 is 4.90 Å². The molecule has 0 aliphatic carbocycles. The lowest BCUT2D eigenvalue weighted by molar-refractivity contribution is 0.457. The molecular formula is C63H61N. The fourth-order valence-electron chi connectivity index (χ4n) is 11.1. The summed E-state index contributed by atoms with van der Waals surface area (Å²) in [6.07, 6.45) is 5.03. The Morgan fingerprint density at radius 2 is 0.781 bits per heavy atom. The Labute approximate surface area is 382 Å². The molecule has 9 aromatic carbocycles. The van der Waals surface area contributed by atoms with E-state index in [2.05, 4.69) is 247 Å². The van der Waals surface area contributed by atoms with E-state index in [4.69, 9.17) is 0 Å². The maximum atomic E-state index is 2.47. The Morgan fingerprint density at radius 1 is 0.375 bits per heavy atom. The van der Waals surface area contributed by atoms with Crippen LogP contribution >= 0.6 is 0 Å². The van der Waals surface area contributed by atoms with Gasteiger partial charge in [0, 0.05) is 27.9 Å². The van der Waals surface area contributed by atoms with Crippen molar-refractivity contribution >= 4 is 38.6 Å². The highest BCUT2D eigenvalue weighted by Gasteiger charge is 2.40. The van der Waals surface area contributed by atoms with E-state index < -0.39 is 0 Å². The van der Waals surface area contributed by atoms with Crippen molar-refractivity contribution in [2.75, 3.05) is 4.90 Å². The normalized spacial score (nSPS) is 12.7. The first-order chi connectivity index (χ1) is 31.4. The zero-order valence-electron chi connectivity index (χ0n) is 38.5. The molecule has 64 heavy (non-hydrogen) atoms. The molecule has 0 aliphatic rings. The second-order valence-electron chi connectivity index (χ2n) is 17.9. The molecule has 0 saturated heterocycles. The molecule has 0 radical (unpaired) electrons. The maximum absolute atomic E-state index is 2.47. The molecule has 1 nitrogen and oxygen atoms in total. The van der Waals surface area contributed by atoms with Crippen molar-refractivity contribution in [1.29, 1.82) is 0 Å². The van der Waals surface area contributed by atoms with Gasteiger partial charge in [-0.2, -0.15) is 0 Å². The molecule has 0 aromatic heterocycles. The molecule has 0 N–H and O–H groups in total. The van der Waals surface area contributed by atoms with Crippen LogP contribution in [0.1, 0.15) is 93.2 Å². The summed E-state index contributed by atoms with van der Waals surface area (Å²) in [5.41, 5.74) is 16.2. The number of fused-ring (bicyclic) bond motifs is 2. The minimum Gasteiger partial charge on any atom is -0.311 e. The molecule has 1 atom stereocenters. The number of anilines is 3. The predicted molar refractivity (Wildman–Crippen MR) is 277 cm³/mol. The van der Waals surface area contributed by atoms with E-state index in [0.717, 1.165) is 49.2 Å². The first kappa shape index (κ1) is 42.6. The molecule has 1 unspecified atom stereocenters. The van der Waals surface area contributed by atoms with E-state index in [1.165, 1.54) is 77.2 Å². The fraction of sp³-hybridized carbons (Fsp3) is 0.206. The molecule has 318 valence electrons. The van der Waals surface area contributed by atoms with Crippen molar-refractivity contribution in [2.24, 2.45) is 0 Å². The Kier molecular flexibility index (Phi) is 12.1. The molecule has 0 spiro atoms. The number of hydrogen-bond acceptors (Lipinski definition) is 1. The second-order valence-corrected chi connectivity index (χ2v) is 17.9. The van der Waals surface area contributed by atoms with Gasteiger partial charge in [0.25, 0.3) is 0 Å². The highest BCUT2D eigenvalue weighted by molar-refractivity contribution is 6.08. The third kappa shape index (κ3) is 7.51. The maximum Gasteiger partial charge on any atom is 0.0461 e. The average molecular weight is 832 g/mol. The molecule has 0 amide bonds. The van der Waals surface area contributed by atoms with E-state index in [1.54, 1.807) is 0 Å². The Hall–Kier alpha value is -6.70. The van der Waals surface area contributed by atoms with Crippen LogP contribution in [-0.2, 0) is 10.8 Å². The molecule has 9 rings (SSSR count). The van der Waals surface area contributed by atoms with Crippen molar-refractivity contribution in [3.8, 4) is 22.3 Å². The molecule has 0 aliphatic heterocycles. The number of benzene rings is 9. The minimum absolute atomic E-state index is 0.235.